The maximum atomic E-state index is 9.18. The Balaban J connectivity index is 0.000000771. The van der Waals surface area contributed by atoms with Crippen molar-refractivity contribution in [1.82, 2.24) is 0 Å². The van der Waals surface area contributed by atoms with E-state index in [-0.39, 0.29) is 0 Å². The highest BCUT2D eigenvalue weighted by atomic mass is 32.1. The van der Waals surface area contributed by atoms with Crippen LogP contribution in [0.15, 0.2) is 12.1 Å². The second-order valence-corrected chi connectivity index (χ2v) is 5.36. The lowest BCUT2D eigenvalue weighted by Crippen LogP contribution is -1.94. The number of aryl methyl sites for hydroxylation is 1. The van der Waals surface area contributed by atoms with E-state index in [0.717, 1.165) is 10.1 Å². The Kier molecular flexibility index (Phi) is 4.75. The molecule has 0 spiro atoms. The van der Waals surface area contributed by atoms with Crippen molar-refractivity contribution in [3.63, 3.8) is 0 Å². The molecule has 2 rings (SSSR count). The molecule has 0 saturated carbocycles. The molecule has 0 atom stereocenters. The first-order valence-electron chi connectivity index (χ1n) is 6.27. The van der Waals surface area contributed by atoms with Crippen molar-refractivity contribution >= 4 is 26.4 Å². The van der Waals surface area contributed by atoms with E-state index in [9.17, 15) is 5.26 Å². The number of thiophene rings is 1. The summed E-state index contributed by atoms with van der Waals surface area (Å²) in [5.41, 5.74) is 9.01. The van der Waals surface area contributed by atoms with Gasteiger partial charge in [0.25, 0.3) is 0 Å². The molecule has 18 heavy (non-hydrogen) atoms. The van der Waals surface area contributed by atoms with Crippen LogP contribution in [-0.2, 0) is 0 Å². The maximum Gasteiger partial charge on any atom is 0.105 e. The van der Waals surface area contributed by atoms with Crippen molar-refractivity contribution in [2.24, 2.45) is 0 Å². The Labute approximate surface area is 113 Å². The summed E-state index contributed by atoms with van der Waals surface area (Å²) in [6.07, 6.45) is 0. The zero-order valence-electron chi connectivity index (χ0n) is 11.7. The monoisotopic (exact) mass is 260 g/mol. The van der Waals surface area contributed by atoms with E-state index in [0.29, 0.717) is 16.5 Å². The highest BCUT2D eigenvalue weighted by Crippen LogP contribution is 2.39. The van der Waals surface area contributed by atoms with E-state index in [4.69, 9.17) is 5.73 Å². The summed E-state index contributed by atoms with van der Waals surface area (Å²) in [5.74, 6) is 0.407. The van der Waals surface area contributed by atoms with Gasteiger partial charge in [-0.25, -0.2) is 0 Å². The summed E-state index contributed by atoms with van der Waals surface area (Å²) in [6.45, 7) is 10.4. The van der Waals surface area contributed by atoms with E-state index in [1.165, 1.54) is 22.5 Å². The van der Waals surface area contributed by atoms with Gasteiger partial charge in [-0.2, -0.15) is 5.26 Å². The highest BCUT2D eigenvalue weighted by molar-refractivity contribution is 7.23. The number of nitrogens with two attached hydrogens (primary N) is 1. The number of hydrogen-bond donors (Lipinski definition) is 1. The van der Waals surface area contributed by atoms with E-state index < -0.39 is 0 Å². The van der Waals surface area contributed by atoms with Crippen LogP contribution in [0.25, 0.3) is 10.1 Å². The molecule has 1 heterocycles. The summed E-state index contributed by atoms with van der Waals surface area (Å²) in [5, 5.41) is 10.9. The Morgan fingerprint density at radius 1 is 1.28 bits per heavy atom. The smallest absolute Gasteiger partial charge is 0.105 e. The Hall–Kier alpha value is -1.53. The topological polar surface area (TPSA) is 49.8 Å². The Morgan fingerprint density at radius 2 is 1.89 bits per heavy atom. The SMILES string of the molecule is CC.Cc1ccc2sc(N)c(C#N)c2c1C(C)C. The molecule has 0 fully saturated rings. The van der Waals surface area contributed by atoms with Crippen LogP contribution in [0.3, 0.4) is 0 Å². The quantitative estimate of drug-likeness (QED) is 0.799. The van der Waals surface area contributed by atoms with Gasteiger partial charge in [-0.3, -0.25) is 0 Å². The highest BCUT2D eigenvalue weighted by Gasteiger charge is 2.16. The van der Waals surface area contributed by atoms with Crippen LogP contribution in [-0.4, -0.2) is 0 Å². The first-order chi connectivity index (χ1) is 8.56. The summed E-state index contributed by atoms with van der Waals surface area (Å²) >= 11 is 1.50. The van der Waals surface area contributed by atoms with Crippen molar-refractivity contribution < 1.29 is 0 Å². The standard InChI is InChI=1S/C13H14N2S.C2H6/c1-7(2)11-8(3)4-5-10-12(11)9(6-14)13(15)16-10;1-2/h4-5,7H,15H2,1-3H3;1-2H3. The van der Waals surface area contributed by atoms with E-state index in [1.807, 2.05) is 13.8 Å². The van der Waals surface area contributed by atoms with Crippen LogP contribution in [0.5, 0.6) is 0 Å². The molecule has 96 valence electrons. The molecule has 0 radical (unpaired) electrons. The summed E-state index contributed by atoms with van der Waals surface area (Å²) in [7, 11) is 0. The molecule has 2 nitrogen and oxygen atoms in total. The number of nitriles is 1. The Morgan fingerprint density at radius 3 is 2.39 bits per heavy atom. The molecule has 0 saturated heterocycles. The van der Waals surface area contributed by atoms with Crippen molar-refractivity contribution in [2.75, 3.05) is 5.73 Å². The lowest BCUT2D eigenvalue weighted by Gasteiger charge is -2.11. The van der Waals surface area contributed by atoms with Gasteiger partial charge in [-0.1, -0.05) is 33.8 Å². The number of hydrogen-bond acceptors (Lipinski definition) is 3. The molecule has 0 amide bonds. The molecule has 0 aliphatic heterocycles. The molecular weight excluding hydrogens is 240 g/mol. The molecule has 1 aromatic carbocycles. The van der Waals surface area contributed by atoms with Crippen molar-refractivity contribution in [2.45, 2.75) is 40.5 Å². The number of fused-ring (bicyclic) bond motifs is 1. The lowest BCUT2D eigenvalue weighted by molar-refractivity contribution is 0.867. The number of anilines is 1. The molecule has 0 unspecified atom stereocenters. The molecular formula is C15H20N2S. The first kappa shape index (κ1) is 14.5. The number of nitrogen functional groups attached to an aromatic ring is 1. The fourth-order valence-corrected chi connectivity index (χ4v) is 3.13. The molecule has 2 aromatic rings. The van der Waals surface area contributed by atoms with Gasteiger partial charge in [0.2, 0.25) is 0 Å². The fourth-order valence-electron chi connectivity index (χ4n) is 2.19. The second-order valence-electron chi connectivity index (χ2n) is 4.28. The van der Waals surface area contributed by atoms with Gasteiger partial charge in [0.1, 0.15) is 11.1 Å². The minimum absolute atomic E-state index is 0.407. The van der Waals surface area contributed by atoms with Crippen LogP contribution in [0.2, 0.25) is 0 Å². The van der Waals surface area contributed by atoms with Gasteiger partial charge in [0, 0.05) is 10.1 Å². The third-order valence-corrected chi connectivity index (χ3v) is 3.81. The van der Waals surface area contributed by atoms with Gasteiger partial charge < -0.3 is 5.73 Å². The van der Waals surface area contributed by atoms with E-state index in [2.05, 4.69) is 39.0 Å². The number of benzene rings is 1. The predicted octanol–water partition coefficient (Wildman–Crippen LogP) is 4.81. The average Bonchev–Trinajstić information content (AvgIpc) is 2.66. The summed E-state index contributed by atoms with van der Waals surface area (Å²) in [4.78, 5) is 0. The fraction of sp³-hybridized carbons (Fsp3) is 0.400. The largest absolute Gasteiger partial charge is 0.389 e. The van der Waals surface area contributed by atoms with Crippen LogP contribution >= 0.6 is 11.3 Å². The van der Waals surface area contributed by atoms with Gasteiger partial charge in [0.05, 0.1) is 5.56 Å². The van der Waals surface area contributed by atoms with Crippen molar-refractivity contribution in [3.8, 4) is 6.07 Å². The summed E-state index contributed by atoms with van der Waals surface area (Å²) in [6, 6.07) is 6.39. The zero-order valence-corrected chi connectivity index (χ0v) is 12.5. The van der Waals surface area contributed by atoms with Crippen LogP contribution in [0, 0.1) is 18.3 Å². The molecule has 3 heteroatoms. The zero-order chi connectivity index (χ0) is 13.9. The third-order valence-electron chi connectivity index (χ3n) is 2.83. The first-order valence-corrected chi connectivity index (χ1v) is 7.09. The number of nitrogens with zero attached hydrogens (tertiary/aromatic N) is 1. The number of rotatable bonds is 1. The summed E-state index contributed by atoms with van der Waals surface area (Å²) < 4.78 is 1.11. The van der Waals surface area contributed by atoms with Crippen LogP contribution in [0.4, 0.5) is 5.00 Å². The van der Waals surface area contributed by atoms with Crippen LogP contribution in [0.1, 0.15) is 50.3 Å². The third kappa shape index (κ3) is 2.34. The van der Waals surface area contributed by atoms with Crippen LogP contribution < -0.4 is 5.73 Å². The Bertz CT molecular complexity index is 589. The van der Waals surface area contributed by atoms with Gasteiger partial charge in [-0.05, 0) is 30.0 Å². The van der Waals surface area contributed by atoms with Crippen molar-refractivity contribution in [3.05, 3.63) is 28.8 Å². The molecule has 2 N–H and O–H groups in total. The molecule has 1 aromatic heterocycles. The molecule has 0 aliphatic carbocycles. The van der Waals surface area contributed by atoms with Gasteiger partial charge >= 0.3 is 0 Å². The van der Waals surface area contributed by atoms with Gasteiger partial charge in [-0.15, -0.1) is 11.3 Å². The van der Waals surface area contributed by atoms with E-state index in [1.54, 1.807) is 0 Å². The minimum Gasteiger partial charge on any atom is -0.389 e. The van der Waals surface area contributed by atoms with Gasteiger partial charge in [0.15, 0.2) is 0 Å². The molecule has 0 aliphatic rings. The molecule has 0 bridgehead atoms. The minimum atomic E-state index is 0.407. The van der Waals surface area contributed by atoms with E-state index >= 15 is 0 Å². The second kappa shape index (κ2) is 5.88. The average molecular weight is 260 g/mol. The van der Waals surface area contributed by atoms with Crippen molar-refractivity contribution in [1.29, 1.82) is 5.26 Å². The predicted molar refractivity (Wildman–Crippen MR) is 81.1 cm³/mol. The lowest BCUT2D eigenvalue weighted by atomic mass is 9.93. The normalized spacial score (nSPS) is 10.1. The maximum absolute atomic E-state index is 9.18.